The van der Waals surface area contributed by atoms with Crippen molar-refractivity contribution >= 4 is 45.1 Å². The van der Waals surface area contributed by atoms with Gasteiger partial charge in [0.25, 0.3) is 0 Å². The van der Waals surface area contributed by atoms with E-state index < -0.39 is 0 Å². The number of para-hydroxylation sites is 3. The first-order valence-electron chi connectivity index (χ1n) is 8.05. The highest BCUT2D eigenvalue weighted by molar-refractivity contribution is 14.1. The van der Waals surface area contributed by atoms with Crippen LogP contribution in [0, 0.1) is 3.57 Å². The van der Waals surface area contributed by atoms with Gasteiger partial charge in [-0.05, 0) is 52.9 Å². The first kappa shape index (κ1) is 16.7. The molecule has 4 aromatic rings. The largest absolute Gasteiger partial charge is 0.494 e. The number of hydrogen-bond donors (Lipinski definition) is 0. The van der Waals surface area contributed by atoms with Crippen molar-refractivity contribution in [3.05, 3.63) is 81.9 Å². The van der Waals surface area contributed by atoms with Gasteiger partial charge in [-0.3, -0.25) is 0 Å². The molecule has 6 heteroatoms. The molecule has 26 heavy (non-hydrogen) atoms. The molecule has 0 saturated carbocycles. The smallest absolute Gasteiger partial charge is 0.164 e. The molecular formula is C20H15IN4O. The van der Waals surface area contributed by atoms with Gasteiger partial charge in [0.2, 0.25) is 0 Å². The second-order valence-corrected chi connectivity index (χ2v) is 6.74. The fraction of sp³-hybridized carbons (Fsp3) is 0.0500. The molecule has 0 aliphatic heterocycles. The molecule has 0 N–H and O–H groups in total. The molecule has 0 aliphatic rings. The lowest BCUT2D eigenvalue weighted by molar-refractivity contribution is 0.416. The average molecular weight is 454 g/mol. The molecule has 5 nitrogen and oxygen atoms in total. The summed E-state index contributed by atoms with van der Waals surface area (Å²) < 4.78 is 8.32. The molecule has 128 valence electrons. The molecule has 1 aromatic heterocycles. The van der Waals surface area contributed by atoms with Crippen molar-refractivity contribution in [3.8, 4) is 5.75 Å². The molecule has 0 bridgehead atoms. The van der Waals surface area contributed by atoms with Gasteiger partial charge in [0.1, 0.15) is 17.0 Å². The standard InChI is InChI=1S/C20H15IN4O/c1-26-19-13-7-5-11-17(19)22-20(14-8-2-3-9-15(14)21)25-18-12-6-4-10-16(18)23-24-25/h2-13H,1H3. The number of benzene rings is 3. The third-order valence-corrected chi connectivity index (χ3v) is 4.92. The van der Waals surface area contributed by atoms with Crippen LogP contribution >= 0.6 is 22.6 Å². The van der Waals surface area contributed by atoms with E-state index in [1.54, 1.807) is 11.8 Å². The molecule has 0 atom stereocenters. The summed E-state index contributed by atoms with van der Waals surface area (Å²) in [5.41, 5.74) is 3.45. The molecule has 4 rings (SSSR count). The monoisotopic (exact) mass is 454 g/mol. The Kier molecular flexibility index (Phi) is 4.66. The van der Waals surface area contributed by atoms with Crippen LogP contribution in [-0.2, 0) is 0 Å². The lowest BCUT2D eigenvalue weighted by atomic mass is 10.2. The van der Waals surface area contributed by atoms with E-state index in [4.69, 9.17) is 9.73 Å². The van der Waals surface area contributed by atoms with E-state index in [2.05, 4.69) is 32.9 Å². The highest BCUT2D eigenvalue weighted by Gasteiger charge is 2.16. The van der Waals surface area contributed by atoms with Crippen molar-refractivity contribution in [2.45, 2.75) is 0 Å². The van der Waals surface area contributed by atoms with Gasteiger partial charge in [0.05, 0.1) is 12.6 Å². The second-order valence-electron chi connectivity index (χ2n) is 5.58. The maximum absolute atomic E-state index is 5.46. The Morgan fingerprint density at radius 2 is 1.69 bits per heavy atom. The number of hydrogen-bond acceptors (Lipinski definition) is 4. The van der Waals surface area contributed by atoms with Crippen molar-refractivity contribution in [1.29, 1.82) is 0 Å². The van der Waals surface area contributed by atoms with Crippen LogP contribution < -0.4 is 4.74 Å². The van der Waals surface area contributed by atoms with Crippen LogP contribution in [0.15, 0.2) is 77.8 Å². The number of aromatic nitrogens is 3. The fourth-order valence-corrected chi connectivity index (χ4v) is 3.35. The van der Waals surface area contributed by atoms with Crippen molar-refractivity contribution in [2.75, 3.05) is 7.11 Å². The Morgan fingerprint density at radius 3 is 2.54 bits per heavy atom. The Hall–Kier alpha value is -2.74. The molecular weight excluding hydrogens is 439 g/mol. The predicted octanol–water partition coefficient (Wildman–Crippen LogP) is 4.67. The van der Waals surface area contributed by atoms with E-state index in [9.17, 15) is 0 Å². The van der Waals surface area contributed by atoms with Gasteiger partial charge in [0, 0.05) is 9.13 Å². The van der Waals surface area contributed by atoms with E-state index in [0.29, 0.717) is 11.6 Å². The van der Waals surface area contributed by atoms with Crippen molar-refractivity contribution < 1.29 is 4.74 Å². The number of aliphatic imine (C=N–C) groups is 1. The first-order chi connectivity index (χ1) is 12.8. The number of rotatable bonds is 3. The van der Waals surface area contributed by atoms with Gasteiger partial charge in [-0.1, -0.05) is 47.7 Å². The second kappa shape index (κ2) is 7.25. The minimum atomic E-state index is 0.702. The van der Waals surface area contributed by atoms with E-state index in [-0.39, 0.29) is 0 Å². The minimum absolute atomic E-state index is 0.702. The quantitative estimate of drug-likeness (QED) is 0.257. The van der Waals surface area contributed by atoms with Crippen LogP contribution in [0.2, 0.25) is 0 Å². The van der Waals surface area contributed by atoms with Gasteiger partial charge in [-0.15, -0.1) is 5.10 Å². The Balaban J connectivity index is 1.99. The van der Waals surface area contributed by atoms with E-state index >= 15 is 0 Å². The molecule has 1 heterocycles. The summed E-state index contributed by atoms with van der Waals surface area (Å²) >= 11 is 2.31. The van der Waals surface area contributed by atoms with Crippen LogP contribution in [0.1, 0.15) is 5.56 Å². The number of fused-ring (bicyclic) bond motifs is 1. The number of halogens is 1. The lowest BCUT2D eigenvalue weighted by Crippen LogP contribution is -2.16. The van der Waals surface area contributed by atoms with E-state index in [0.717, 1.165) is 25.9 Å². The zero-order valence-corrected chi connectivity index (χ0v) is 16.2. The predicted molar refractivity (Wildman–Crippen MR) is 111 cm³/mol. The van der Waals surface area contributed by atoms with Crippen LogP contribution in [0.25, 0.3) is 11.0 Å². The summed E-state index contributed by atoms with van der Waals surface area (Å²) in [4.78, 5) is 4.90. The normalized spacial score (nSPS) is 11.7. The molecule has 3 aromatic carbocycles. The van der Waals surface area contributed by atoms with Gasteiger partial charge < -0.3 is 4.74 Å². The highest BCUT2D eigenvalue weighted by Crippen LogP contribution is 2.28. The number of nitrogens with zero attached hydrogens (tertiary/aromatic N) is 4. The summed E-state index contributed by atoms with van der Waals surface area (Å²) in [5, 5.41) is 8.63. The van der Waals surface area contributed by atoms with E-state index in [1.807, 2.05) is 72.8 Å². The maximum atomic E-state index is 5.46. The van der Waals surface area contributed by atoms with Crippen LogP contribution in [-0.4, -0.2) is 27.9 Å². The molecule has 0 unspecified atom stereocenters. The number of methoxy groups -OCH3 is 1. The van der Waals surface area contributed by atoms with Crippen LogP contribution in [0.3, 0.4) is 0 Å². The molecule has 0 spiro atoms. The van der Waals surface area contributed by atoms with Crippen molar-refractivity contribution in [2.24, 2.45) is 4.99 Å². The maximum Gasteiger partial charge on any atom is 0.164 e. The Bertz CT molecular complexity index is 1100. The van der Waals surface area contributed by atoms with Gasteiger partial charge >= 0.3 is 0 Å². The highest BCUT2D eigenvalue weighted by atomic mass is 127. The summed E-state index contributed by atoms with van der Waals surface area (Å²) in [6.07, 6.45) is 0. The Morgan fingerprint density at radius 1 is 0.962 bits per heavy atom. The molecule has 0 saturated heterocycles. The Labute approximate surface area is 164 Å². The summed E-state index contributed by atoms with van der Waals surface area (Å²) in [7, 11) is 1.64. The van der Waals surface area contributed by atoms with Crippen molar-refractivity contribution in [1.82, 2.24) is 15.0 Å². The summed E-state index contributed by atoms with van der Waals surface area (Å²) in [6, 6.07) is 23.6. The average Bonchev–Trinajstić information content (AvgIpc) is 3.11. The van der Waals surface area contributed by atoms with E-state index in [1.165, 1.54) is 0 Å². The van der Waals surface area contributed by atoms with Crippen molar-refractivity contribution in [3.63, 3.8) is 0 Å². The van der Waals surface area contributed by atoms with Crippen LogP contribution in [0.4, 0.5) is 5.69 Å². The van der Waals surface area contributed by atoms with Gasteiger partial charge in [-0.2, -0.15) is 4.68 Å². The van der Waals surface area contributed by atoms with Gasteiger partial charge in [-0.25, -0.2) is 4.99 Å². The SMILES string of the molecule is COc1ccccc1N=C(c1ccccc1I)n1nnc2ccccc21. The topological polar surface area (TPSA) is 52.3 Å². The van der Waals surface area contributed by atoms with Gasteiger partial charge in [0.15, 0.2) is 5.84 Å². The summed E-state index contributed by atoms with van der Waals surface area (Å²) in [6.45, 7) is 0. The zero-order chi connectivity index (χ0) is 17.9. The fourth-order valence-electron chi connectivity index (χ4n) is 2.73. The molecule has 0 fully saturated rings. The molecule has 0 radical (unpaired) electrons. The zero-order valence-electron chi connectivity index (χ0n) is 14.0. The molecule has 0 aliphatic carbocycles. The van der Waals surface area contributed by atoms with Crippen LogP contribution in [0.5, 0.6) is 5.75 Å². The first-order valence-corrected chi connectivity index (χ1v) is 9.13. The molecule has 0 amide bonds. The summed E-state index contributed by atoms with van der Waals surface area (Å²) in [5.74, 6) is 1.41. The minimum Gasteiger partial charge on any atom is -0.494 e. The third-order valence-electron chi connectivity index (χ3n) is 3.98. The third kappa shape index (κ3) is 3.08. The lowest BCUT2D eigenvalue weighted by Gasteiger charge is -2.11. The number of ether oxygens (including phenoxy) is 1.